The molecule has 46 heteroatoms. The van der Waals surface area contributed by atoms with E-state index in [4.69, 9.17) is 10.4 Å². The van der Waals surface area contributed by atoms with Crippen LogP contribution in [0.25, 0.3) is 0 Å². The molecule has 6 aliphatic rings. The van der Waals surface area contributed by atoms with E-state index in [0.29, 0.717) is 36.1 Å². The molecule has 6 amide bonds. The molecule has 3 saturated carbocycles. The topological polar surface area (TPSA) is 422 Å². The summed E-state index contributed by atoms with van der Waals surface area (Å²) in [7, 11) is -14.5. The van der Waals surface area contributed by atoms with Crippen molar-refractivity contribution in [2.45, 2.75) is 207 Å². The number of hydrogen-bond acceptors (Lipinski definition) is 22. The molecule has 3 aliphatic heterocycles. The fraction of sp³-hybridized carbons (Fsp3) is 0.378. The highest BCUT2D eigenvalue weighted by atomic mass is 32.2. The Bertz CT molecular complexity index is 6150. The zero-order valence-electron chi connectivity index (χ0n) is 73.0. The fourth-order valence-electron chi connectivity index (χ4n) is 17.2. The standard InChI is InChI=1S/C31H32F4N4O6S.C30H30F4N4O6S.C29H29F4N5O6S/c1-17-25(32)27(34)29(28(35)26(17)33)46(43,44)39-13-12-23(39)31(42)38(21-10-11-22(24(40)14-21)30(41)37-45-2)16-20-9-8-19(15-36-20)18-6-4-3-5-7-18;1-16-24(31)26(33)28(27(34)25(16)32)45(43,44)38-12-11-22(38)30(41)37(20-9-10-21(23(39)13-20)29(40)36-42)15-19-8-7-18(14-35-19)17-5-3-2-4-6-17;1-15-23(30)25(32)27(26(33)24(15)31)45(43,44)38-10-9-21(38)29(41)37(18-7-8-19(22(39)11-18)28(40)36-42)14-17-12-35-20(13-34-17)16-5-3-2-4-6-16/h8-11,14-15,18,23,40H,3-7,12-13,16H2,1-2H3,(H,37,41);7-10,13-14,17,22,39,42H,2-6,11-12,15H2,1H3,(H,36,40);7-8,11-13,16,21,39,42H,2-6,9-10,14H2,1H3,(H,36,40)/t23-;22-;21-/m111/s1. The molecule has 0 unspecified atom stereocenters. The summed E-state index contributed by atoms with van der Waals surface area (Å²) in [5, 5.41) is 49.4. The summed E-state index contributed by atoms with van der Waals surface area (Å²) in [6.45, 7) is 0.371. The van der Waals surface area contributed by atoms with Crippen LogP contribution in [0.2, 0.25) is 0 Å². The third-order valence-electron chi connectivity index (χ3n) is 25.2. The van der Waals surface area contributed by atoms with Crippen LogP contribution in [0.4, 0.5) is 69.7 Å². The van der Waals surface area contributed by atoms with Gasteiger partial charge in [0, 0.05) is 96.1 Å². The van der Waals surface area contributed by atoms with Gasteiger partial charge >= 0.3 is 0 Å². The summed E-state index contributed by atoms with van der Waals surface area (Å²) in [5.74, 6) is -30.2. The maximum atomic E-state index is 14.8. The minimum Gasteiger partial charge on any atom is -0.507 e. The molecule has 3 aliphatic carbocycles. The monoisotopic (exact) mass is 1970 g/mol. The molecule has 3 aromatic heterocycles. The van der Waals surface area contributed by atoms with Gasteiger partial charge in [-0.25, -0.2) is 94.4 Å². The molecular formula is C90H91F12N13O18S3. The first-order chi connectivity index (χ1) is 64.6. The van der Waals surface area contributed by atoms with Gasteiger partial charge in [-0.15, -0.1) is 0 Å². The Morgan fingerprint density at radius 2 is 0.654 bits per heavy atom. The summed E-state index contributed by atoms with van der Waals surface area (Å²) < 4.78 is 256. The van der Waals surface area contributed by atoms with Crippen molar-refractivity contribution in [2.24, 2.45) is 0 Å². The van der Waals surface area contributed by atoms with Crippen molar-refractivity contribution in [2.75, 3.05) is 41.4 Å². The summed E-state index contributed by atoms with van der Waals surface area (Å²) in [5.41, 5.74) is 4.80. The van der Waals surface area contributed by atoms with Gasteiger partial charge < -0.3 is 30.0 Å². The number of nitrogens with zero attached hydrogens (tertiary/aromatic N) is 10. The number of halogens is 12. The number of rotatable bonds is 25. The number of phenols is 3. The Kier molecular flexibility index (Phi) is 31.3. The Morgan fingerprint density at radius 3 is 0.904 bits per heavy atom. The van der Waals surface area contributed by atoms with Gasteiger partial charge in [0.25, 0.3) is 17.7 Å². The van der Waals surface area contributed by atoms with Crippen LogP contribution in [-0.4, -0.2) is 164 Å². The van der Waals surface area contributed by atoms with Crippen LogP contribution in [0.5, 0.6) is 17.2 Å². The van der Waals surface area contributed by atoms with Crippen molar-refractivity contribution in [1.29, 1.82) is 0 Å². The van der Waals surface area contributed by atoms with E-state index in [1.54, 1.807) is 30.7 Å². The van der Waals surface area contributed by atoms with E-state index in [1.807, 2.05) is 12.1 Å². The van der Waals surface area contributed by atoms with Crippen LogP contribution in [0.15, 0.2) is 118 Å². The van der Waals surface area contributed by atoms with Gasteiger partial charge in [0.15, 0.2) is 84.5 Å². The lowest BCUT2D eigenvalue weighted by molar-refractivity contribution is -0.125. The molecule has 0 radical (unpaired) electrons. The van der Waals surface area contributed by atoms with Crippen molar-refractivity contribution in [3.63, 3.8) is 0 Å². The number of sulfonamides is 3. The van der Waals surface area contributed by atoms with Crippen molar-refractivity contribution in [3.05, 3.63) is 241 Å². The molecule has 6 fully saturated rings. The second kappa shape index (κ2) is 42.1. The number of benzene rings is 6. The highest BCUT2D eigenvalue weighted by Gasteiger charge is 2.52. The highest BCUT2D eigenvalue weighted by Crippen LogP contribution is 2.43. The number of hydroxylamine groups is 3. The van der Waals surface area contributed by atoms with Gasteiger partial charge in [-0.05, 0) is 150 Å². The average Bonchev–Trinajstić information content (AvgIpc) is 0.740. The Balaban J connectivity index is 0.000000173. The first-order valence-corrected chi connectivity index (χ1v) is 47.3. The molecule has 6 aromatic carbocycles. The predicted molar refractivity (Wildman–Crippen MR) is 459 cm³/mol. The third-order valence-corrected chi connectivity index (χ3v) is 30.9. The van der Waals surface area contributed by atoms with Crippen LogP contribution in [0, 0.1) is 90.6 Å². The molecule has 9 aromatic rings. The van der Waals surface area contributed by atoms with E-state index in [9.17, 15) is 122 Å². The number of carbonyl (C=O) groups excluding carboxylic acids is 6. The maximum Gasteiger partial charge on any atom is 0.278 e. The molecule has 0 bridgehead atoms. The van der Waals surface area contributed by atoms with Gasteiger partial charge in [0.2, 0.25) is 47.8 Å². The third kappa shape index (κ3) is 20.4. The van der Waals surface area contributed by atoms with E-state index in [1.165, 1.54) is 61.4 Å². The fourth-order valence-corrected chi connectivity index (χ4v) is 22.4. The van der Waals surface area contributed by atoms with Crippen LogP contribution in [0.1, 0.15) is 215 Å². The molecule has 31 nitrogen and oxygen atoms in total. The van der Waals surface area contributed by atoms with Crippen molar-refractivity contribution in [1.82, 2.24) is 49.3 Å². The minimum absolute atomic E-state index is 0.000759. The summed E-state index contributed by atoms with van der Waals surface area (Å²) in [4.78, 5) is 98.0. The zero-order valence-corrected chi connectivity index (χ0v) is 75.5. The Hall–Kier alpha value is -12.3. The van der Waals surface area contributed by atoms with E-state index < -0.39 is 202 Å². The quantitative estimate of drug-likeness (QED) is 0.0114. The lowest BCUT2D eigenvalue weighted by Gasteiger charge is -2.41. The minimum atomic E-state index is -5.26. The molecule has 136 heavy (non-hydrogen) atoms. The van der Waals surface area contributed by atoms with Gasteiger partial charge in [0.1, 0.15) is 35.4 Å². The second-order valence-corrected chi connectivity index (χ2v) is 38.9. The van der Waals surface area contributed by atoms with Crippen LogP contribution >= 0.6 is 0 Å². The average molecular weight is 1970 g/mol. The highest BCUT2D eigenvalue weighted by molar-refractivity contribution is 7.89. The Labute approximate surface area is 771 Å². The molecule has 3 saturated heterocycles. The number of hydrogen-bond donors (Lipinski definition) is 8. The van der Waals surface area contributed by atoms with Crippen molar-refractivity contribution in [3.8, 4) is 17.2 Å². The molecule has 0 spiro atoms. The lowest BCUT2D eigenvalue weighted by Crippen LogP contribution is -2.59. The number of amides is 6. The van der Waals surface area contributed by atoms with Crippen LogP contribution in [0.3, 0.4) is 0 Å². The van der Waals surface area contributed by atoms with Gasteiger partial charge in [-0.3, -0.25) is 64.0 Å². The normalized spacial score (nSPS) is 17.5. The zero-order chi connectivity index (χ0) is 98.6. The smallest absolute Gasteiger partial charge is 0.278 e. The number of carbonyl (C=O) groups is 6. The lowest BCUT2D eigenvalue weighted by atomic mass is 9.85. The Morgan fingerprint density at radius 1 is 0.368 bits per heavy atom. The van der Waals surface area contributed by atoms with E-state index in [0.717, 1.165) is 166 Å². The predicted octanol–water partition coefficient (Wildman–Crippen LogP) is 14.0. The van der Waals surface area contributed by atoms with E-state index in [-0.39, 0.29) is 104 Å². The van der Waals surface area contributed by atoms with Gasteiger partial charge in [-0.1, -0.05) is 69.9 Å². The van der Waals surface area contributed by atoms with Gasteiger partial charge in [0.05, 0.1) is 72.4 Å². The number of pyridine rings is 2. The van der Waals surface area contributed by atoms with Crippen molar-refractivity contribution >= 4 is 82.6 Å². The first kappa shape index (κ1) is 101. The van der Waals surface area contributed by atoms with E-state index in [2.05, 4.69) is 30.3 Å². The van der Waals surface area contributed by atoms with Crippen molar-refractivity contribution < 1.29 is 137 Å². The molecule has 15 rings (SSSR count). The SMILES string of the molecule is CONC(=O)c1ccc(N(Cc2ccc(C3CCCCC3)cn2)C(=O)[C@H]2CCN2S(=O)(=O)c2c(F)c(F)c(C)c(F)c2F)cc1O.Cc1c(F)c(F)c(S(=O)(=O)N2CC[C@@H]2C(=O)N(Cc2ccc(C3CCCCC3)cn2)c2ccc(C(=O)NO)c(O)c2)c(F)c1F.Cc1c(F)c(F)c(S(=O)(=O)N2CC[C@@H]2C(=O)N(Cc2cnc(C3CCCCC3)cn2)c2ccc(C(=O)NO)c(O)c2)c(F)c1F. The number of phenolic OH excluding ortho intramolecular Hbond substituents is 3. The number of aromatic nitrogens is 4. The molecule has 726 valence electrons. The van der Waals surface area contributed by atoms with Gasteiger partial charge in [-0.2, -0.15) is 12.9 Å². The summed E-state index contributed by atoms with van der Waals surface area (Å²) >= 11 is 0. The number of anilines is 3. The summed E-state index contributed by atoms with van der Waals surface area (Å²) in [6.07, 6.45) is 22.3. The van der Waals surface area contributed by atoms with Crippen LogP contribution in [-0.2, 0) is 68.9 Å². The molecule has 3 atom stereocenters. The molecule has 6 heterocycles. The second-order valence-electron chi connectivity index (χ2n) is 33.4. The molecular weight excluding hydrogens is 1880 g/mol. The maximum absolute atomic E-state index is 14.8. The molecule has 8 N–H and O–H groups in total. The largest absolute Gasteiger partial charge is 0.507 e. The van der Waals surface area contributed by atoms with Crippen LogP contribution < -0.4 is 31.1 Å². The number of aromatic hydroxyl groups is 3. The summed E-state index contributed by atoms with van der Waals surface area (Å²) in [6, 6.07) is 13.1. The number of nitrogens with one attached hydrogen (secondary N) is 3. The van der Waals surface area contributed by atoms with E-state index >= 15 is 0 Å². The first-order valence-electron chi connectivity index (χ1n) is 43.0.